The molecule has 3 heteroatoms. The van der Waals surface area contributed by atoms with E-state index in [2.05, 4.69) is 34.9 Å². The molecule has 0 radical (unpaired) electrons. The second-order valence-electron chi connectivity index (χ2n) is 6.66. The van der Waals surface area contributed by atoms with Gasteiger partial charge in [0, 0.05) is 30.8 Å². The van der Waals surface area contributed by atoms with Gasteiger partial charge in [-0.25, -0.2) is 0 Å². The van der Waals surface area contributed by atoms with Crippen LogP contribution in [0.15, 0.2) is 60.7 Å². The van der Waals surface area contributed by atoms with Gasteiger partial charge < -0.3 is 9.47 Å². The summed E-state index contributed by atoms with van der Waals surface area (Å²) in [6.45, 7) is 0.889. The van der Waals surface area contributed by atoms with Crippen LogP contribution in [0.2, 0.25) is 0 Å². The Morgan fingerprint density at radius 3 is 2.71 bits per heavy atom. The summed E-state index contributed by atoms with van der Waals surface area (Å²) in [6, 6.07) is 21.1. The number of carbonyl (C=O) groups is 1. The number of para-hydroxylation sites is 1. The average Bonchev–Trinajstić information content (AvgIpc) is 2.99. The minimum atomic E-state index is 0.200. The van der Waals surface area contributed by atoms with Gasteiger partial charge in [0.25, 0.3) is 0 Å². The summed E-state index contributed by atoms with van der Waals surface area (Å²) >= 11 is 0. The van der Waals surface area contributed by atoms with Gasteiger partial charge >= 0.3 is 0 Å². The van der Waals surface area contributed by atoms with Crippen molar-refractivity contribution in [1.82, 2.24) is 9.47 Å². The summed E-state index contributed by atoms with van der Waals surface area (Å²) in [6.07, 6.45) is 2.54. The molecule has 1 amide bonds. The van der Waals surface area contributed by atoms with Crippen molar-refractivity contribution in [2.75, 3.05) is 7.05 Å². The van der Waals surface area contributed by atoms with E-state index in [9.17, 15) is 4.79 Å². The molecule has 2 heterocycles. The zero-order valence-electron chi connectivity index (χ0n) is 14.0. The molecule has 0 N–H and O–H groups in total. The van der Waals surface area contributed by atoms with Gasteiger partial charge in [-0.2, -0.15) is 0 Å². The maximum Gasteiger partial charge on any atom is 0.227 e. The van der Waals surface area contributed by atoms with Gasteiger partial charge in [-0.15, -0.1) is 0 Å². The topological polar surface area (TPSA) is 25.2 Å². The molecule has 0 fully saturated rings. The lowest BCUT2D eigenvalue weighted by molar-refractivity contribution is -0.131. The van der Waals surface area contributed by atoms with Crippen LogP contribution in [0.5, 0.6) is 0 Å². The SMILES string of the molecule is CN(C(=O)Cc1ccccc1)[C@@H]1CCc2cc3ccccc3n2C1. The van der Waals surface area contributed by atoms with Crippen molar-refractivity contribution in [2.24, 2.45) is 0 Å². The fourth-order valence-electron chi connectivity index (χ4n) is 3.72. The third kappa shape index (κ3) is 2.71. The van der Waals surface area contributed by atoms with Crippen LogP contribution in [-0.4, -0.2) is 28.5 Å². The lowest BCUT2D eigenvalue weighted by Gasteiger charge is -2.33. The van der Waals surface area contributed by atoms with E-state index in [0.29, 0.717) is 6.42 Å². The van der Waals surface area contributed by atoms with Crippen molar-refractivity contribution in [1.29, 1.82) is 0 Å². The molecular weight excluding hydrogens is 296 g/mol. The van der Waals surface area contributed by atoms with E-state index in [4.69, 9.17) is 0 Å². The third-order valence-electron chi connectivity index (χ3n) is 5.16. The van der Waals surface area contributed by atoms with Gasteiger partial charge in [-0.05, 0) is 35.9 Å². The van der Waals surface area contributed by atoms with E-state index in [1.54, 1.807) is 0 Å². The summed E-state index contributed by atoms with van der Waals surface area (Å²) in [5, 5.41) is 1.30. The molecule has 4 rings (SSSR count). The summed E-state index contributed by atoms with van der Waals surface area (Å²) < 4.78 is 2.38. The quantitative estimate of drug-likeness (QED) is 0.723. The first kappa shape index (κ1) is 15.0. The van der Waals surface area contributed by atoms with Crippen molar-refractivity contribution < 1.29 is 4.79 Å². The highest BCUT2D eigenvalue weighted by Gasteiger charge is 2.26. The minimum Gasteiger partial charge on any atom is -0.343 e. The predicted octanol–water partition coefficient (Wildman–Crippen LogP) is 3.66. The number of hydrogen-bond acceptors (Lipinski definition) is 1. The van der Waals surface area contributed by atoms with Crippen molar-refractivity contribution in [3.05, 3.63) is 71.9 Å². The molecule has 0 bridgehead atoms. The molecule has 3 aromatic rings. The molecule has 24 heavy (non-hydrogen) atoms. The average molecular weight is 318 g/mol. The van der Waals surface area contributed by atoms with Crippen molar-refractivity contribution in [3.8, 4) is 0 Å². The zero-order chi connectivity index (χ0) is 16.5. The Kier molecular flexibility index (Phi) is 3.85. The number of fused-ring (bicyclic) bond motifs is 3. The van der Waals surface area contributed by atoms with Crippen LogP contribution < -0.4 is 0 Å². The van der Waals surface area contributed by atoms with Crippen molar-refractivity contribution in [3.63, 3.8) is 0 Å². The van der Waals surface area contributed by atoms with Crippen molar-refractivity contribution >= 4 is 16.8 Å². The molecule has 0 aliphatic carbocycles. The molecule has 122 valence electrons. The van der Waals surface area contributed by atoms with Gasteiger partial charge in [-0.1, -0.05) is 48.5 Å². The number of amides is 1. The second-order valence-corrected chi connectivity index (χ2v) is 6.66. The maximum absolute atomic E-state index is 12.6. The number of nitrogens with zero attached hydrogens (tertiary/aromatic N) is 2. The molecule has 2 aromatic carbocycles. The molecule has 0 saturated carbocycles. The van der Waals surface area contributed by atoms with Gasteiger partial charge in [0.2, 0.25) is 5.91 Å². The number of hydrogen-bond donors (Lipinski definition) is 0. The van der Waals surface area contributed by atoms with E-state index in [0.717, 1.165) is 24.9 Å². The number of rotatable bonds is 3. The molecule has 1 atom stereocenters. The standard InChI is InChI=1S/C21H22N2O/c1-22(21(24)13-16-7-3-2-4-8-16)19-12-11-18-14-17-9-5-6-10-20(17)23(18)15-19/h2-10,14,19H,11-13,15H2,1H3/t19-/m1/s1. The van der Waals surface area contributed by atoms with Gasteiger partial charge in [-0.3, -0.25) is 4.79 Å². The Morgan fingerprint density at radius 1 is 1.12 bits per heavy atom. The molecule has 1 aliphatic heterocycles. The Labute approximate surface area is 142 Å². The second kappa shape index (κ2) is 6.16. The number of likely N-dealkylation sites (N-methyl/N-ethyl adjacent to an activating group) is 1. The molecule has 0 saturated heterocycles. The lowest BCUT2D eigenvalue weighted by Crippen LogP contribution is -2.43. The number of aryl methyl sites for hydroxylation is 1. The van der Waals surface area contributed by atoms with Crippen LogP contribution in [0.1, 0.15) is 17.7 Å². The third-order valence-corrected chi connectivity index (χ3v) is 5.16. The molecule has 0 spiro atoms. The van der Waals surface area contributed by atoms with Gasteiger partial charge in [0.05, 0.1) is 6.42 Å². The van der Waals surface area contributed by atoms with E-state index < -0.39 is 0 Å². The number of carbonyl (C=O) groups excluding carboxylic acids is 1. The monoisotopic (exact) mass is 318 g/mol. The first-order chi connectivity index (χ1) is 11.7. The smallest absolute Gasteiger partial charge is 0.227 e. The Morgan fingerprint density at radius 2 is 1.88 bits per heavy atom. The minimum absolute atomic E-state index is 0.200. The van der Waals surface area contributed by atoms with Crippen LogP contribution in [0, 0.1) is 0 Å². The van der Waals surface area contributed by atoms with Crippen LogP contribution in [-0.2, 0) is 24.2 Å². The van der Waals surface area contributed by atoms with E-state index in [-0.39, 0.29) is 11.9 Å². The van der Waals surface area contributed by atoms with Crippen LogP contribution >= 0.6 is 0 Å². The highest BCUT2D eigenvalue weighted by atomic mass is 16.2. The van der Waals surface area contributed by atoms with Gasteiger partial charge in [0.15, 0.2) is 0 Å². The van der Waals surface area contributed by atoms with E-state index in [1.807, 2.05) is 42.3 Å². The molecule has 0 unspecified atom stereocenters. The predicted molar refractivity (Wildman–Crippen MR) is 97.0 cm³/mol. The molecule has 1 aromatic heterocycles. The summed E-state index contributed by atoms with van der Waals surface area (Å²) in [4.78, 5) is 14.6. The Hall–Kier alpha value is -2.55. The van der Waals surface area contributed by atoms with E-state index in [1.165, 1.54) is 16.6 Å². The summed E-state index contributed by atoms with van der Waals surface area (Å²) in [7, 11) is 1.95. The van der Waals surface area contributed by atoms with Crippen LogP contribution in [0.4, 0.5) is 0 Å². The normalized spacial score (nSPS) is 16.8. The van der Waals surface area contributed by atoms with Crippen LogP contribution in [0.3, 0.4) is 0 Å². The molecular formula is C21H22N2O. The first-order valence-electron chi connectivity index (χ1n) is 8.59. The largest absolute Gasteiger partial charge is 0.343 e. The first-order valence-corrected chi connectivity index (χ1v) is 8.59. The fraction of sp³-hybridized carbons (Fsp3) is 0.286. The maximum atomic E-state index is 12.6. The number of aromatic nitrogens is 1. The van der Waals surface area contributed by atoms with Gasteiger partial charge in [0.1, 0.15) is 0 Å². The lowest BCUT2D eigenvalue weighted by atomic mass is 10.0. The Bertz CT molecular complexity index is 866. The summed E-state index contributed by atoms with van der Waals surface area (Å²) in [5.41, 5.74) is 3.75. The summed E-state index contributed by atoms with van der Waals surface area (Å²) in [5.74, 6) is 0.200. The molecule has 3 nitrogen and oxygen atoms in total. The number of benzene rings is 2. The zero-order valence-corrected chi connectivity index (χ0v) is 14.0. The Balaban J connectivity index is 1.52. The van der Waals surface area contributed by atoms with E-state index >= 15 is 0 Å². The molecule has 1 aliphatic rings. The highest BCUT2D eigenvalue weighted by Crippen LogP contribution is 2.27. The van der Waals surface area contributed by atoms with Crippen molar-refractivity contribution in [2.45, 2.75) is 31.8 Å². The highest BCUT2D eigenvalue weighted by molar-refractivity contribution is 5.82. The fourth-order valence-corrected chi connectivity index (χ4v) is 3.72. The van der Waals surface area contributed by atoms with Crippen LogP contribution in [0.25, 0.3) is 10.9 Å².